The number of hydrogen-bond donors (Lipinski definition) is 2. The van der Waals surface area contributed by atoms with Crippen LogP contribution in [0.2, 0.25) is 0 Å². The van der Waals surface area contributed by atoms with E-state index in [1.807, 2.05) is 6.92 Å². The highest BCUT2D eigenvalue weighted by atomic mass is 19.1. The van der Waals surface area contributed by atoms with E-state index in [1.165, 1.54) is 48.2 Å². The van der Waals surface area contributed by atoms with Crippen molar-refractivity contribution in [3.8, 4) is 0 Å². The Morgan fingerprint density at radius 1 is 1.23 bits per heavy atom. The second kappa shape index (κ2) is 9.57. The molecule has 2 aromatic rings. The number of carbonyl (C=O) groups excluding carboxylic acids is 4. The molecule has 0 aliphatic carbocycles. The number of rotatable bonds is 8. The number of carbonyl (C=O) groups is 4. The second-order valence-corrected chi connectivity index (χ2v) is 7.29. The van der Waals surface area contributed by atoms with Crippen LogP contribution in [0, 0.1) is 11.7 Å². The first-order chi connectivity index (χ1) is 14.9. The van der Waals surface area contributed by atoms with Crippen LogP contribution in [0.25, 0.3) is 0 Å². The quantitative estimate of drug-likeness (QED) is 0.219. The molecule has 1 aromatic heterocycles. The Balaban J connectivity index is 2.14. The third-order valence-corrected chi connectivity index (χ3v) is 5.36. The zero-order valence-electron chi connectivity index (χ0n) is 16.8. The van der Waals surface area contributed by atoms with Gasteiger partial charge in [-0.2, -0.15) is 0 Å². The highest BCUT2D eigenvalue weighted by molar-refractivity contribution is 6.44. The van der Waals surface area contributed by atoms with Crippen LogP contribution in [-0.2, 0) is 14.4 Å². The molecule has 2 heterocycles. The third-order valence-electron chi connectivity index (χ3n) is 5.36. The second-order valence-electron chi connectivity index (χ2n) is 7.29. The number of amides is 2. The molecule has 9 heteroatoms. The molecule has 0 saturated carbocycles. The fraction of sp³-hybridized carbons (Fsp3) is 0.318. The molecule has 1 fully saturated rings. The predicted molar refractivity (Wildman–Crippen MR) is 106 cm³/mol. The van der Waals surface area contributed by atoms with Gasteiger partial charge in [0.2, 0.25) is 5.78 Å². The Morgan fingerprint density at radius 2 is 1.94 bits per heavy atom. The largest absolute Gasteiger partial charge is 0.316 e. The first kappa shape index (κ1) is 22.2. The van der Waals surface area contributed by atoms with Gasteiger partial charge in [-0.15, -0.1) is 0 Å². The Kier molecular flexibility index (Phi) is 6.86. The Hall–Kier alpha value is -3.46. The number of hydrogen-bond acceptors (Lipinski definition) is 6. The summed E-state index contributed by atoms with van der Waals surface area (Å²) in [6, 6.07) is 5.65. The summed E-state index contributed by atoms with van der Waals surface area (Å²) in [6.07, 6.45) is 4.13. The van der Waals surface area contributed by atoms with Gasteiger partial charge < -0.3 is 4.90 Å². The van der Waals surface area contributed by atoms with E-state index in [-0.39, 0.29) is 17.5 Å². The van der Waals surface area contributed by atoms with Crippen LogP contribution in [-0.4, -0.2) is 44.5 Å². The fourth-order valence-electron chi connectivity index (χ4n) is 3.90. The van der Waals surface area contributed by atoms with Gasteiger partial charge in [0.05, 0.1) is 6.04 Å². The maximum Gasteiger partial charge on any atom is 0.292 e. The van der Waals surface area contributed by atoms with E-state index in [2.05, 4.69) is 4.98 Å². The lowest BCUT2D eigenvalue weighted by atomic mass is 9.86. The van der Waals surface area contributed by atoms with Crippen LogP contribution < -0.4 is 5.48 Å². The van der Waals surface area contributed by atoms with E-state index in [0.717, 1.165) is 11.0 Å². The summed E-state index contributed by atoms with van der Waals surface area (Å²) in [6.45, 7) is 1.88. The van der Waals surface area contributed by atoms with E-state index in [1.54, 1.807) is 0 Å². The van der Waals surface area contributed by atoms with Crippen molar-refractivity contribution in [2.75, 3.05) is 0 Å². The topological polar surface area (TPSA) is 117 Å². The van der Waals surface area contributed by atoms with Crippen molar-refractivity contribution in [1.82, 2.24) is 15.4 Å². The van der Waals surface area contributed by atoms with Crippen LogP contribution in [0.4, 0.5) is 4.39 Å². The van der Waals surface area contributed by atoms with Crippen molar-refractivity contribution in [3.63, 3.8) is 0 Å². The molecule has 1 aliphatic rings. The highest BCUT2D eigenvalue weighted by Gasteiger charge is 2.54. The number of unbranched alkanes of at least 4 members (excludes halogenated alkanes) is 1. The lowest BCUT2D eigenvalue weighted by Gasteiger charge is -2.33. The molecule has 1 aliphatic heterocycles. The summed E-state index contributed by atoms with van der Waals surface area (Å²) < 4.78 is 14.0. The predicted octanol–water partition coefficient (Wildman–Crippen LogP) is 2.24. The maximum atomic E-state index is 14.0. The number of ketones is 2. The Morgan fingerprint density at radius 3 is 2.55 bits per heavy atom. The monoisotopic (exact) mass is 427 g/mol. The zero-order chi connectivity index (χ0) is 22.5. The molecule has 3 rings (SSSR count). The molecule has 0 radical (unpaired) electrons. The lowest BCUT2D eigenvalue weighted by molar-refractivity contribution is -0.147. The number of aromatic nitrogens is 1. The van der Waals surface area contributed by atoms with Crippen molar-refractivity contribution in [2.24, 2.45) is 5.92 Å². The van der Waals surface area contributed by atoms with Crippen LogP contribution in [0.3, 0.4) is 0 Å². The lowest BCUT2D eigenvalue weighted by Crippen LogP contribution is -2.48. The first-order valence-electron chi connectivity index (χ1n) is 9.90. The van der Waals surface area contributed by atoms with Gasteiger partial charge in [-0.25, -0.2) is 9.87 Å². The van der Waals surface area contributed by atoms with E-state index in [0.29, 0.717) is 12.8 Å². The summed E-state index contributed by atoms with van der Waals surface area (Å²) >= 11 is 0. The number of likely N-dealkylation sites (tertiary alicyclic amines) is 1. The maximum absolute atomic E-state index is 14.0. The first-order valence-corrected chi connectivity index (χ1v) is 9.90. The standard InChI is InChI=1S/C22H22FN3O5/c1-2-3-7-16(21(29)25-31)26-18(14-5-4-6-15(23)12-14)17(20(28)22(26)30)19(27)13-8-10-24-11-9-13/h4-6,8-12,16-18,31H,2-3,7H2,1H3,(H,25,29). The van der Waals surface area contributed by atoms with Crippen molar-refractivity contribution >= 4 is 23.4 Å². The molecule has 1 saturated heterocycles. The Labute approximate surface area is 178 Å². The normalized spacial score (nSPS) is 19.4. The van der Waals surface area contributed by atoms with Gasteiger partial charge in [0.25, 0.3) is 11.8 Å². The molecule has 2 amide bonds. The fourth-order valence-corrected chi connectivity index (χ4v) is 3.90. The molecule has 31 heavy (non-hydrogen) atoms. The van der Waals surface area contributed by atoms with Gasteiger partial charge in [-0.3, -0.25) is 29.4 Å². The van der Waals surface area contributed by atoms with Gasteiger partial charge in [0.1, 0.15) is 17.8 Å². The van der Waals surface area contributed by atoms with Crippen molar-refractivity contribution < 1.29 is 28.8 Å². The molecule has 2 N–H and O–H groups in total. The van der Waals surface area contributed by atoms with Gasteiger partial charge in [0, 0.05) is 18.0 Å². The van der Waals surface area contributed by atoms with Crippen molar-refractivity contribution in [1.29, 1.82) is 0 Å². The number of nitrogens with zero attached hydrogens (tertiary/aromatic N) is 2. The van der Waals surface area contributed by atoms with E-state index in [4.69, 9.17) is 0 Å². The summed E-state index contributed by atoms with van der Waals surface area (Å²) in [5, 5.41) is 9.21. The minimum Gasteiger partial charge on any atom is -0.316 e. The van der Waals surface area contributed by atoms with Gasteiger partial charge in [0.15, 0.2) is 5.78 Å². The van der Waals surface area contributed by atoms with E-state index < -0.39 is 47.2 Å². The molecule has 0 spiro atoms. The molecular weight excluding hydrogens is 405 g/mol. The molecular formula is C22H22FN3O5. The Bertz CT molecular complexity index is 998. The SMILES string of the molecule is CCCCC(C(=O)NO)N1C(=O)C(=O)C(C(=O)c2ccncc2)C1c1cccc(F)c1. The minimum atomic E-state index is -1.47. The van der Waals surface area contributed by atoms with Crippen LogP contribution in [0.1, 0.15) is 48.1 Å². The zero-order valence-corrected chi connectivity index (χ0v) is 16.8. The number of pyridine rings is 1. The number of halogens is 1. The average Bonchev–Trinajstić information content (AvgIpc) is 3.04. The average molecular weight is 427 g/mol. The number of nitrogens with one attached hydrogen (secondary N) is 1. The number of benzene rings is 1. The molecule has 0 bridgehead atoms. The summed E-state index contributed by atoms with van der Waals surface area (Å²) in [4.78, 5) is 56.5. The minimum absolute atomic E-state index is 0.157. The molecule has 3 unspecified atom stereocenters. The molecule has 162 valence electrons. The molecule has 1 aromatic carbocycles. The van der Waals surface area contributed by atoms with Gasteiger partial charge in [-0.05, 0) is 36.2 Å². The summed E-state index contributed by atoms with van der Waals surface area (Å²) in [5.41, 5.74) is 1.91. The van der Waals surface area contributed by atoms with Crippen LogP contribution >= 0.6 is 0 Å². The number of Topliss-reactive ketones (excluding diaryl/α,β-unsaturated/α-hetero) is 2. The van der Waals surface area contributed by atoms with Crippen LogP contribution in [0.15, 0.2) is 48.8 Å². The molecule has 8 nitrogen and oxygen atoms in total. The van der Waals surface area contributed by atoms with Gasteiger partial charge in [-0.1, -0.05) is 31.9 Å². The summed E-state index contributed by atoms with van der Waals surface area (Å²) in [7, 11) is 0. The van der Waals surface area contributed by atoms with Crippen LogP contribution in [0.5, 0.6) is 0 Å². The summed E-state index contributed by atoms with van der Waals surface area (Å²) in [5.74, 6) is -5.60. The van der Waals surface area contributed by atoms with Crippen molar-refractivity contribution in [2.45, 2.75) is 38.3 Å². The number of hydroxylamine groups is 1. The van der Waals surface area contributed by atoms with E-state index in [9.17, 15) is 28.8 Å². The van der Waals surface area contributed by atoms with E-state index >= 15 is 0 Å². The van der Waals surface area contributed by atoms with Crippen molar-refractivity contribution in [3.05, 3.63) is 65.7 Å². The van der Waals surface area contributed by atoms with Gasteiger partial charge >= 0.3 is 0 Å². The third kappa shape index (κ3) is 4.36. The molecule has 3 atom stereocenters. The smallest absolute Gasteiger partial charge is 0.292 e. The highest BCUT2D eigenvalue weighted by Crippen LogP contribution is 2.40.